The summed E-state index contributed by atoms with van der Waals surface area (Å²) in [6.07, 6.45) is 0.499. The third-order valence-electron chi connectivity index (χ3n) is 1.51. The molecule has 0 aliphatic heterocycles. The summed E-state index contributed by atoms with van der Waals surface area (Å²) in [5.41, 5.74) is 0. The maximum absolute atomic E-state index is 10.6. The predicted molar refractivity (Wildman–Crippen MR) is 48.5 cm³/mol. The number of amides is 2. The lowest BCUT2D eigenvalue weighted by Gasteiger charge is -2.11. The fraction of sp³-hybridized carbons (Fsp3) is 0.625. The molecule has 80 valence electrons. The molecule has 0 aliphatic carbocycles. The normalized spacial score (nSPS) is 11.6. The van der Waals surface area contributed by atoms with Gasteiger partial charge in [-0.2, -0.15) is 0 Å². The lowest BCUT2D eigenvalue weighted by molar-refractivity contribution is -0.150. The molecule has 0 spiro atoms. The summed E-state index contributed by atoms with van der Waals surface area (Å²) < 4.78 is 0. The van der Waals surface area contributed by atoms with Gasteiger partial charge in [0.25, 0.3) is 0 Å². The number of hydrogen-bond acceptors (Lipinski definition) is 3. The van der Waals surface area contributed by atoms with Crippen molar-refractivity contribution in [1.82, 2.24) is 10.6 Å². The average molecular weight is 202 g/mol. The molecule has 0 aromatic rings. The molecule has 2 amide bonds. The Hall–Kier alpha value is -1.59. The second-order valence-electron chi connectivity index (χ2n) is 2.95. The van der Waals surface area contributed by atoms with Crippen molar-refractivity contribution in [3.05, 3.63) is 0 Å². The Kier molecular flexibility index (Phi) is 5.28. The van der Waals surface area contributed by atoms with Crippen LogP contribution >= 0.6 is 0 Å². The van der Waals surface area contributed by atoms with Crippen LogP contribution in [0.2, 0.25) is 0 Å². The number of rotatable bonds is 4. The van der Waals surface area contributed by atoms with Crippen LogP contribution in [0.25, 0.3) is 0 Å². The van der Waals surface area contributed by atoms with Crippen LogP contribution in [0.15, 0.2) is 0 Å². The van der Waals surface area contributed by atoms with Crippen molar-refractivity contribution >= 4 is 17.8 Å². The van der Waals surface area contributed by atoms with Crippen LogP contribution in [0.5, 0.6) is 0 Å². The van der Waals surface area contributed by atoms with Crippen LogP contribution in [0.4, 0.5) is 0 Å². The Morgan fingerprint density at radius 1 is 1.36 bits per heavy atom. The SMILES string of the molecule is CC(=O)NC(C)CCNC(=O)C(=O)O. The van der Waals surface area contributed by atoms with Crippen molar-refractivity contribution in [3.8, 4) is 0 Å². The van der Waals surface area contributed by atoms with Gasteiger partial charge in [0, 0.05) is 19.5 Å². The molecule has 0 aromatic heterocycles. The molecule has 0 heterocycles. The van der Waals surface area contributed by atoms with E-state index < -0.39 is 11.9 Å². The third-order valence-corrected chi connectivity index (χ3v) is 1.51. The van der Waals surface area contributed by atoms with Crippen LogP contribution in [0.3, 0.4) is 0 Å². The Labute approximate surface area is 81.7 Å². The van der Waals surface area contributed by atoms with Gasteiger partial charge in [-0.05, 0) is 13.3 Å². The quantitative estimate of drug-likeness (QED) is 0.515. The minimum atomic E-state index is -1.50. The molecule has 1 unspecified atom stereocenters. The van der Waals surface area contributed by atoms with Crippen molar-refractivity contribution in [1.29, 1.82) is 0 Å². The second-order valence-corrected chi connectivity index (χ2v) is 2.95. The Balaban J connectivity index is 3.59. The van der Waals surface area contributed by atoms with Gasteiger partial charge in [0.1, 0.15) is 0 Å². The van der Waals surface area contributed by atoms with Gasteiger partial charge in [-0.1, -0.05) is 0 Å². The van der Waals surface area contributed by atoms with Gasteiger partial charge >= 0.3 is 11.9 Å². The van der Waals surface area contributed by atoms with E-state index in [1.165, 1.54) is 6.92 Å². The highest BCUT2D eigenvalue weighted by Gasteiger charge is 2.10. The molecule has 0 aromatic carbocycles. The highest BCUT2D eigenvalue weighted by molar-refractivity contribution is 6.31. The van der Waals surface area contributed by atoms with E-state index in [2.05, 4.69) is 10.6 Å². The molecule has 0 aliphatic rings. The number of aliphatic carboxylic acids is 1. The van der Waals surface area contributed by atoms with Crippen molar-refractivity contribution in [2.24, 2.45) is 0 Å². The van der Waals surface area contributed by atoms with Crippen LogP contribution in [0.1, 0.15) is 20.3 Å². The van der Waals surface area contributed by atoms with Crippen LogP contribution in [-0.4, -0.2) is 35.5 Å². The molecule has 0 fully saturated rings. The minimum Gasteiger partial charge on any atom is -0.474 e. The van der Waals surface area contributed by atoms with Crippen LogP contribution in [0, 0.1) is 0 Å². The number of hydrogen-bond donors (Lipinski definition) is 3. The molecule has 6 nitrogen and oxygen atoms in total. The lowest BCUT2D eigenvalue weighted by atomic mass is 10.2. The van der Waals surface area contributed by atoms with Crippen LogP contribution < -0.4 is 10.6 Å². The molecule has 14 heavy (non-hydrogen) atoms. The summed E-state index contributed by atoms with van der Waals surface area (Å²) >= 11 is 0. The predicted octanol–water partition coefficient (Wildman–Crippen LogP) is -0.898. The fourth-order valence-corrected chi connectivity index (χ4v) is 0.897. The molecule has 0 saturated carbocycles. The maximum atomic E-state index is 10.6. The van der Waals surface area contributed by atoms with E-state index in [0.717, 1.165) is 0 Å². The zero-order valence-corrected chi connectivity index (χ0v) is 8.16. The van der Waals surface area contributed by atoms with Gasteiger partial charge in [0.05, 0.1) is 0 Å². The van der Waals surface area contributed by atoms with E-state index in [9.17, 15) is 14.4 Å². The first-order chi connectivity index (χ1) is 6.43. The van der Waals surface area contributed by atoms with Crippen LogP contribution in [-0.2, 0) is 14.4 Å². The van der Waals surface area contributed by atoms with E-state index in [-0.39, 0.29) is 18.5 Å². The van der Waals surface area contributed by atoms with Crippen molar-refractivity contribution in [3.63, 3.8) is 0 Å². The number of carboxylic acid groups (broad SMARTS) is 1. The first-order valence-electron chi connectivity index (χ1n) is 4.21. The van der Waals surface area contributed by atoms with Gasteiger partial charge in [-0.15, -0.1) is 0 Å². The standard InChI is InChI=1S/C8H14N2O4/c1-5(10-6(2)11)3-4-9-7(12)8(13)14/h5H,3-4H2,1-2H3,(H,9,12)(H,10,11)(H,13,14). The largest absolute Gasteiger partial charge is 0.474 e. The van der Waals surface area contributed by atoms with Gasteiger partial charge < -0.3 is 15.7 Å². The topological polar surface area (TPSA) is 95.5 Å². The van der Waals surface area contributed by atoms with E-state index in [1.54, 1.807) is 6.92 Å². The summed E-state index contributed by atoms with van der Waals surface area (Å²) in [5.74, 6) is -2.68. The van der Waals surface area contributed by atoms with Crippen molar-refractivity contribution in [2.75, 3.05) is 6.54 Å². The highest BCUT2D eigenvalue weighted by atomic mass is 16.4. The van der Waals surface area contributed by atoms with Crippen molar-refractivity contribution in [2.45, 2.75) is 26.3 Å². The summed E-state index contributed by atoms with van der Waals surface area (Å²) in [6.45, 7) is 3.40. The monoisotopic (exact) mass is 202 g/mol. The fourth-order valence-electron chi connectivity index (χ4n) is 0.897. The molecule has 1 atom stereocenters. The first kappa shape index (κ1) is 12.4. The Morgan fingerprint density at radius 3 is 2.36 bits per heavy atom. The smallest absolute Gasteiger partial charge is 0.394 e. The zero-order chi connectivity index (χ0) is 11.1. The Bertz CT molecular complexity index is 239. The number of carboxylic acids is 1. The van der Waals surface area contributed by atoms with Gasteiger partial charge in [-0.25, -0.2) is 4.79 Å². The molecule has 6 heteroatoms. The lowest BCUT2D eigenvalue weighted by Crippen LogP contribution is -2.36. The number of carbonyl (C=O) groups is 3. The van der Waals surface area contributed by atoms with Crippen molar-refractivity contribution < 1.29 is 19.5 Å². The maximum Gasteiger partial charge on any atom is 0.394 e. The Morgan fingerprint density at radius 2 is 1.93 bits per heavy atom. The summed E-state index contributed by atoms with van der Waals surface area (Å²) in [5, 5.41) is 13.0. The number of carbonyl (C=O) groups excluding carboxylic acids is 2. The molecule has 3 N–H and O–H groups in total. The highest BCUT2D eigenvalue weighted by Crippen LogP contribution is 1.88. The minimum absolute atomic E-state index is 0.0819. The van der Waals surface area contributed by atoms with Gasteiger partial charge in [0.2, 0.25) is 5.91 Å². The molecule has 0 saturated heterocycles. The van der Waals surface area contributed by atoms with Gasteiger partial charge in [-0.3, -0.25) is 9.59 Å². The van der Waals surface area contributed by atoms with Gasteiger partial charge in [0.15, 0.2) is 0 Å². The summed E-state index contributed by atoms with van der Waals surface area (Å²) in [6, 6.07) is -0.0819. The third kappa shape index (κ3) is 5.99. The molecule has 0 rings (SSSR count). The molecular weight excluding hydrogens is 188 g/mol. The molecule has 0 radical (unpaired) electrons. The average Bonchev–Trinajstić information content (AvgIpc) is 2.02. The molecular formula is C8H14N2O4. The second kappa shape index (κ2) is 5.95. The first-order valence-corrected chi connectivity index (χ1v) is 4.21. The van der Waals surface area contributed by atoms with E-state index in [4.69, 9.17) is 5.11 Å². The summed E-state index contributed by atoms with van der Waals surface area (Å²) in [4.78, 5) is 31.2. The van der Waals surface area contributed by atoms with E-state index >= 15 is 0 Å². The molecule has 0 bridgehead atoms. The van der Waals surface area contributed by atoms with E-state index in [0.29, 0.717) is 6.42 Å². The number of nitrogens with one attached hydrogen (secondary N) is 2. The summed E-state index contributed by atoms with van der Waals surface area (Å²) in [7, 11) is 0. The zero-order valence-electron chi connectivity index (χ0n) is 8.16. The van der Waals surface area contributed by atoms with E-state index in [1.807, 2.05) is 0 Å².